The highest BCUT2D eigenvalue weighted by atomic mass is 79.9. The zero-order chi connectivity index (χ0) is 16.8. The molecule has 6 heteroatoms. The van der Waals surface area contributed by atoms with Crippen LogP contribution in [0.4, 0.5) is 11.4 Å². The van der Waals surface area contributed by atoms with Crippen LogP contribution in [0.3, 0.4) is 0 Å². The molecule has 0 radical (unpaired) electrons. The molecule has 2 rings (SSSR count). The predicted molar refractivity (Wildman–Crippen MR) is 99.9 cm³/mol. The van der Waals surface area contributed by atoms with E-state index in [2.05, 4.69) is 51.1 Å². The van der Waals surface area contributed by atoms with Crippen LogP contribution in [0.5, 0.6) is 0 Å². The van der Waals surface area contributed by atoms with E-state index in [-0.39, 0.29) is 5.91 Å². The number of aliphatic imine (C=N–C) groups is 1. The molecule has 124 valence electrons. The zero-order valence-corrected chi connectivity index (χ0v) is 15.2. The molecule has 1 aliphatic heterocycles. The average Bonchev–Trinajstić information content (AvgIpc) is 2.96. The van der Waals surface area contributed by atoms with Gasteiger partial charge in [0.2, 0.25) is 0 Å². The number of nitrogens with zero attached hydrogens (tertiary/aromatic N) is 2. The van der Waals surface area contributed by atoms with Gasteiger partial charge in [-0.1, -0.05) is 13.8 Å². The Morgan fingerprint density at radius 3 is 2.61 bits per heavy atom. The Bertz CT molecular complexity index is 633. The summed E-state index contributed by atoms with van der Waals surface area (Å²) in [5.41, 5.74) is 7.84. The van der Waals surface area contributed by atoms with Crippen molar-refractivity contribution in [3.05, 3.63) is 34.4 Å². The first-order valence-corrected chi connectivity index (χ1v) is 8.73. The Morgan fingerprint density at radius 1 is 1.35 bits per heavy atom. The van der Waals surface area contributed by atoms with Gasteiger partial charge in [-0.2, -0.15) is 0 Å². The summed E-state index contributed by atoms with van der Waals surface area (Å²) < 4.78 is 0.845. The van der Waals surface area contributed by atoms with Gasteiger partial charge in [-0.05, 0) is 53.0 Å². The molecule has 0 unspecified atom stereocenters. The first-order chi connectivity index (χ1) is 11.0. The number of anilines is 2. The summed E-state index contributed by atoms with van der Waals surface area (Å²) in [6.07, 6.45) is 4.44. The lowest BCUT2D eigenvalue weighted by atomic mass is 10.2. The predicted octanol–water partition coefficient (Wildman–Crippen LogP) is 3.66. The highest BCUT2D eigenvalue weighted by molar-refractivity contribution is 9.10. The van der Waals surface area contributed by atoms with Crippen LogP contribution < -0.4 is 16.0 Å². The van der Waals surface area contributed by atoms with Crippen LogP contribution in [-0.2, 0) is 4.79 Å². The van der Waals surface area contributed by atoms with E-state index in [1.807, 2.05) is 12.1 Å². The second kappa shape index (κ2) is 8.15. The Labute approximate surface area is 145 Å². The second-order valence-corrected chi connectivity index (χ2v) is 6.36. The lowest BCUT2D eigenvalue weighted by Gasteiger charge is -2.24. The van der Waals surface area contributed by atoms with Crippen molar-refractivity contribution in [2.24, 2.45) is 10.7 Å². The molecule has 0 aromatic heterocycles. The number of hydrogen-bond acceptors (Lipinski definition) is 4. The molecule has 3 N–H and O–H groups in total. The molecular formula is C17H23BrN4O. The van der Waals surface area contributed by atoms with Crippen molar-refractivity contribution in [3.8, 4) is 0 Å². The molecule has 0 atom stereocenters. The molecule has 23 heavy (non-hydrogen) atoms. The molecule has 0 aliphatic carbocycles. The second-order valence-electron chi connectivity index (χ2n) is 5.50. The number of hydrogen-bond donors (Lipinski definition) is 2. The van der Waals surface area contributed by atoms with Crippen LogP contribution in [0.15, 0.2) is 39.4 Å². The Balaban J connectivity index is 2.18. The van der Waals surface area contributed by atoms with Crippen molar-refractivity contribution in [2.45, 2.75) is 33.1 Å². The van der Waals surface area contributed by atoms with Crippen molar-refractivity contribution in [2.75, 3.05) is 23.3 Å². The van der Waals surface area contributed by atoms with Crippen molar-refractivity contribution in [1.29, 1.82) is 0 Å². The molecule has 5 nitrogen and oxygen atoms in total. The normalized spacial score (nSPS) is 13.5. The fraction of sp³-hybridized carbons (Fsp3) is 0.412. The summed E-state index contributed by atoms with van der Waals surface area (Å²) >= 11 is 3.49. The maximum atomic E-state index is 12.3. The molecule has 1 amide bonds. The smallest absolute Gasteiger partial charge is 0.274 e. The van der Waals surface area contributed by atoms with E-state index in [1.165, 1.54) is 0 Å². The van der Waals surface area contributed by atoms with Crippen molar-refractivity contribution >= 4 is 39.0 Å². The minimum atomic E-state index is -0.235. The zero-order valence-electron chi connectivity index (χ0n) is 13.6. The van der Waals surface area contributed by atoms with E-state index >= 15 is 0 Å². The van der Waals surface area contributed by atoms with E-state index in [9.17, 15) is 4.79 Å². The summed E-state index contributed by atoms with van der Waals surface area (Å²) in [6, 6.07) is 6.02. The highest BCUT2D eigenvalue weighted by Gasteiger charge is 2.16. The van der Waals surface area contributed by atoms with E-state index in [0.29, 0.717) is 18.0 Å². The van der Waals surface area contributed by atoms with Gasteiger partial charge < -0.3 is 16.0 Å². The van der Waals surface area contributed by atoms with Gasteiger partial charge in [0, 0.05) is 29.7 Å². The van der Waals surface area contributed by atoms with E-state index in [0.717, 1.165) is 41.8 Å². The lowest BCUT2D eigenvalue weighted by Crippen LogP contribution is -2.25. The molecule has 1 aliphatic rings. The third-order valence-electron chi connectivity index (χ3n) is 3.55. The molecule has 0 saturated heterocycles. The Kier molecular flexibility index (Phi) is 6.21. The highest BCUT2D eigenvalue weighted by Crippen LogP contribution is 2.29. The number of nitrogens with two attached hydrogens (primary N) is 1. The lowest BCUT2D eigenvalue weighted by molar-refractivity contribution is -0.112. The van der Waals surface area contributed by atoms with Gasteiger partial charge in [0.25, 0.3) is 5.91 Å². The number of benzene rings is 1. The number of carbonyl (C=O) groups is 1. The maximum absolute atomic E-state index is 12.3. The number of amides is 1. The van der Waals surface area contributed by atoms with Crippen LogP contribution in [-0.4, -0.2) is 24.8 Å². The van der Waals surface area contributed by atoms with E-state index in [1.54, 1.807) is 6.08 Å². The fourth-order valence-corrected chi connectivity index (χ4v) is 2.84. The summed E-state index contributed by atoms with van der Waals surface area (Å²) in [4.78, 5) is 18.6. The van der Waals surface area contributed by atoms with Crippen LogP contribution in [0.2, 0.25) is 0 Å². The van der Waals surface area contributed by atoms with Gasteiger partial charge in [-0.15, -0.1) is 0 Å². The van der Waals surface area contributed by atoms with Crippen LogP contribution >= 0.6 is 15.9 Å². The fourth-order valence-electron chi connectivity index (χ4n) is 2.49. The van der Waals surface area contributed by atoms with Crippen LogP contribution in [0.1, 0.15) is 33.1 Å². The molecule has 1 aromatic rings. The SMILES string of the molecule is CCCN(CCC)c1ccc(Br)c(NC(=O)C2=CCC(N)=N2)c1. The van der Waals surface area contributed by atoms with Gasteiger partial charge >= 0.3 is 0 Å². The summed E-state index contributed by atoms with van der Waals surface area (Å²) in [6.45, 7) is 6.32. The summed E-state index contributed by atoms with van der Waals surface area (Å²) in [5, 5.41) is 2.91. The maximum Gasteiger partial charge on any atom is 0.274 e. The molecule has 0 bridgehead atoms. The third-order valence-corrected chi connectivity index (χ3v) is 4.24. The summed E-state index contributed by atoms with van der Waals surface area (Å²) in [7, 11) is 0. The summed E-state index contributed by atoms with van der Waals surface area (Å²) in [5.74, 6) is 0.237. The molecule has 0 saturated carbocycles. The van der Waals surface area contributed by atoms with Gasteiger partial charge in [-0.25, -0.2) is 4.99 Å². The van der Waals surface area contributed by atoms with Crippen molar-refractivity contribution in [3.63, 3.8) is 0 Å². The van der Waals surface area contributed by atoms with Crippen molar-refractivity contribution in [1.82, 2.24) is 0 Å². The third kappa shape index (κ3) is 4.58. The minimum absolute atomic E-state index is 0.235. The molecular weight excluding hydrogens is 356 g/mol. The topological polar surface area (TPSA) is 70.7 Å². The van der Waals surface area contributed by atoms with Gasteiger partial charge in [0.05, 0.1) is 5.69 Å². The largest absolute Gasteiger partial charge is 0.387 e. The number of halogens is 1. The Morgan fingerprint density at radius 2 is 2.04 bits per heavy atom. The monoisotopic (exact) mass is 378 g/mol. The first-order valence-electron chi connectivity index (χ1n) is 7.94. The molecule has 1 heterocycles. The number of amidine groups is 1. The standard InChI is InChI=1S/C17H23BrN4O/c1-3-9-22(10-4-2)12-5-6-13(18)15(11-12)21-17(23)14-7-8-16(19)20-14/h5-7,11H,3-4,8-10H2,1-2H3,(H2,19,20)(H,21,23). The first kappa shape index (κ1) is 17.5. The van der Waals surface area contributed by atoms with Gasteiger partial charge in [0.1, 0.15) is 11.5 Å². The van der Waals surface area contributed by atoms with Gasteiger partial charge in [-0.3, -0.25) is 4.79 Å². The van der Waals surface area contributed by atoms with Crippen LogP contribution in [0, 0.1) is 0 Å². The number of rotatable bonds is 7. The van der Waals surface area contributed by atoms with E-state index < -0.39 is 0 Å². The Hall–Kier alpha value is -1.82. The average molecular weight is 379 g/mol. The minimum Gasteiger partial charge on any atom is -0.387 e. The molecule has 1 aromatic carbocycles. The van der Waals surface area contributed by atoms with Crippen molar-refractivity contribution < 1.29 is 4.79 Å². The van der Waals surface area contributed by atoms with E-state index in [4.69, 9.17) is 5.73 Å². The quantitative estimate of drug-likeness (QED) is 0.760. The number of nitrogens with one attached hydrogen (secondary N) is 1. The molecule has 0 fully saturated rings. The number of carbonyl (C=O) groups excluding carboxylic acids is 1. The van der Waals surface area contributed by atoms with Crippen LogP contribution in [0.25, 0.3) is 0 Å². The molecule has 0 spiro atoms. The van der Waals surface area contributed by atoms with Gasteiger partial charge in [0.15, 0.2) is 0 Å².